The number of halogens is 1. The van der Waals surface area contributed by atoms with Crippen LogP contribution in [0.4, 0.5) is 4.39 Å². The minimum Gasteiger partial charge on any atom is -0.463 e. The van der Waals surface area contributed by atoms with Gasteiger partial charge in [-0.25, -0.2) is 14.4 Å². The maximum atomic E-state index is 14.7. The second-order valence-corrected chi connectivity index (χ2v) is 8.20. The number of hydrogen-bond acceptors (Lipinski definition) is 5. The summed E-state index contributed by atoms with van der Waals surface area (Å²) >= 11 is 0. The molecule has 0 bridgehead atoms. The summed E-state index contributed by atoms with van der Waals surface area (Å²) in [5, 5.41) is 0. The predicted octanol–water partition coefficient (Wildman–Crippen LogP) is 3.74. The fraction of sp³-hybridized carbons (Fsp3) is 0.667. The monoisotopic (exact) mass is 348 g/mol. The van der Waals surface area contributed by atoms with Gasteiger partial charge < -0.3 is 14.0 Å². The SMILES string of the molecule is Cc1cc(C)nc(OCC2(C=C(F)B3OC(C)(C)C(C)(C)O3)CC2)n1. The van der Waals surface area contributed by atoms with Gasteiger partial charge in [0.1, 0.15) is 12.3 Å². The molecule has 5 nitrogen and oxygen atoms in total. The third-order valence-electron chi connectivity index (χ3n) is 5.27. The Hall–Kier alpha value is -1.47. The largest absolute Gasteiger partial charge is 0.524 e. The topological polar surface area (TPSA) is 53.5 Å². The predicted molar refractivity (Wildman–Crippen MR) is 93.9 cm³/mol. The molecule has 1 aliphatic heterocycles. The molecule has 25 heavy (non-hydrogen) atoms. The molecule has 2 aliphatic rings. The third kappa shape index (κ3) is 3.87. The van der Waals surface area contributed by atoms with E-state index in [1.165, 1.54) is 0 Å². The highest BCUT2D eigenvalue weighted by Gasteiger charge is 2.54. The molecule has 2 fully saturated rings. The van der Waals surface area contributed by atoms with Crippen molar-refractivity contribution in [3.05, 3.63) is 29.3 Å². The van der Waals surface area contributed by atoms with Gasteiger partial charge in [-0.05, 0) is 66.5 Å². The van der Waals surface area contributed by atoms with Gasteiger partial charge in [0.15, 0.2) is 0 Å². The highest BCUT2D eigenvalue weighted by molar-refractivity contribution is 6.53. The zero-order valence-electron chi connectivity index (χ0n) is 15.9. The Labute approximate surface area is 149 Å². The van der Waals surface area contributed by atoms with Crippen molar-refractivity contribution in [3.8, 4) is 6.01 Å². The number of nitrogens with zero attached hydrogens (tertiary/aromatic N) is 2. The summed E-state index contributed by atoms with van der Waals surface area (Å²) in [4.78, 5) is 8.52. The lowest BCUT2D eigenvalue weighted by Crippen LogP contribution is -2.41. The lowest BCUT2D eigenvalue weighted by molar-refractivity contribution is 0.00578. The Kier molecular flexibility index (Phi) is 4.44. The van der Waals surface area contributed by atoms with E-state index in [4.69, 9.17) is 14.0 Å². The van der Waals surface area contributed by atoms with Gasteiger partial charge in [-0.3, -0.25) is 0 Å². The molecule has 0 radical (unpaired) electrons. The van der Waals surface area contributed by atoms with E-state index in [1.807, 2.05) is 47.6 Å². The third-order valence-corrected chi connectivity index (χ3v) is 5.27. The molecule has 0 aromatic carbocycles. The quantitative estimate of drug-likeness (QED) is 0.759. The Morgan fingerprint density at radius 1 is 1.16 bits per heavy atom. The molecular formula is C18H26BFN2O3. The molecule has 0 N–H and O–H groups in total. The van der Waals surface area contributed by atoms with Gasteiger partial charge in [-0.15, -0.1) is 0 Å². The number of aromatic nitrogens is 2. The first-order chi connectivity index (χ1) is 11.5. The lowest BCUT2D eigenvalue weighted by Gasteiger charge is -2.32. The van der Waals surface area contributed by atoms with Crippen LogP contribution in [0.1, 0.15) is 51.9 Å². The maximum absolute atomic E-state index is 14.7. The van der Waals surface area contributed by atoms with E-state index < -0.39 is 18.3 Å². The summed E-state index contributed by atoms with van der Waals surface area (Å²) < 4.78 is 32.0. The summed E-state index contributed by atoms with van der Waals surface area (Å²) in [6, 6.07) is 2.23. The van der Waals surface area contributed by atoms with Crippen molar-refractivity contribution in [1.82, 2.24) is 9.97 Å². The first-order valence-electron chi connectivity index (χ1n) is 8.71. The Bertz CT molecular complexity index is 665. The summed E-state index contributed by atoms with van der Waals surface area (Å²) in [6.07, 6.45) is 3.33. The first-order valence-corrected chi connectivity index (χ1v) is 8.71. The first kappa shape index (κ1) is 18.3. The minimum absolute atomic E-state index is 0.325. The molecule has 136 valence electrons. The van der Waals surface area contributed by atoms with Gasteiger partial charge in [0.05, 0.1) is 11.2 Å². The van der Waals surface area contributed by atoms with Crippen LogP contribution in [0.2, 0.25) is 0 Å². The van der Waals surface area contributed by atoms with Gasteiger partial charge in [-0.1, -0.05) is 0 Å². The summed E-state index contributed by atoms with van der Waals surface area (Å²) in [7, 11) is -0.958. The van der Waals surface area contributed by atoms with Gasteiger partial charge in [-0.2, -0.15) is 0 Å². The average Bonchev–Trinajstić information content (AvgIpc) is 3.18. The molecule has 0 spiro atoms. The summed E-state index contributed by atoms with van der Waals surface area (Å²) in [6.45, 7) is 11.8. The van der Waals surface area contributed by atoms with E-state index in [1.54, 1.807) is 6.08 Å². The van der Waals surface area contributed by atoms with Gasteiger partial charge >= 0.3 is 13.1 Å². The van der Waals surface area contributed by atoms with Crippen molar-refractivity contribution in [3.63, 3.8) is 0 Å². The van der Waals surface area contributed by atoms with Crippen molar-refractivity contribution < 1.29 is 18.4 Å². The number of rotatable bonds is 5. The van der Waals surface area contributed by atoms with E-state index in [-0.39, 0.29) is 11.1 Å². The molecule has 1 aromatic rings. The van der Waals surface area contributed by atoms with Crippen LogP contribution in [0.3, 0.4) is 0 Å². The normalized spacial score (nSPS) is 23.6. The highest BCUT2D eigenvalue weighted by Crippen LogP contribution is 2.49. The van der Waals surface area contributed by atoms with Crippen molar-refractivity contribution in [2.75, 3.05) is 6.61 Å². The number of aryl methyl sites for hydroxylation is 2. The zero-order valence-corrected chi connectivity index (χ0v) is 15.9. The number of hydrogen-bond donors (Lipinski definition) is 0. The molecule has 2 heterocycles. The number of ether oxygens (including phenoxy) is 1. The van der Waals surface area contributed by atoms with E-state index in [9.17, 15) is 4.39 Å². The molecule has 1 aliphatic carbocycles. The molecule has 7 heteroatoms. The van der Waals surface area contributed by atoms with Crippen LogP contribution in [-0.4, -0.2) is 34.9 Å². The Morgan fingerprint density at radius 2 is 1.68 bits per heavy atom. The maximum Gasteiger partial charge on any atom is 0.524 e. The van der Waals surface area contributed by atoms with E-state index in [0.717, 1.165) is 24.2 Å². The van der Waals surface area contributed by atoms with Gasteiger partial charge in [0, 0.05) is 16.8 Å². The molecule has 1 saturated heterocycles. The second-order valence-electron chi connectivity index (χ2n) is 8.20. The Balaban J connectivity index is 1.66. The molecule has 1 aromatic heterocycles. The van der Waals surface area contributed by atoms with E-state index >= 15 is 0 Å². The van der Waals surface area contributed by atoms with Crippen molar-refractivity contribution in [2.24, 2.45) is 5.41 Å². The van der Waals surface area contributed by atoms with Gasteiger partial charge in [0.25, 0.3) is 0 Å². The molecule has 0 unspecified atom stereocenters. The van der Waals surface area contributed by atoms with Crippen molar-refractivity contribution in [1.29, 1.82) is 0 Å². The highest BCUT2D eigenvalue weighted by atomic mass is 19.1. The lowest BCUT2D eigenvalue weighted by atomic mass is 9.85. The van der Waals surface area contributed by atoms with Crippen LogP contribution >= 0.6 is 0 Å². The Morgan fingerprint density at radius 3 is 2.16 bits per heavy atom. The fourth-order valence-electron chi connectivity index (χ4n) is 2.77. The van der Waals surface area contributed by atoms with E-state index in [0.29, 0.717) is 12.6 Å². The summed E-state index contributed by atoms with van der Waals surface area (Å²) in [5.41, 5.74) is -0.112. The van der Waals surface area contributed by atoms with Crippen LogP contribution in [0.5, 0.6) is 6.01 Å². The molecule has 1 saturated carbocycles. The summed E-state index contributed by atoms with van der Waals surface area (Å²) in [5.74, 6) is 0. The van der Waals surface area contributed by atoms with Crippen LogP contribution in [0, 0.1) is 19.3 Å². The molecule has 0 amide bonds. The van der Waals surface area contributed by atoms with Crippen molar-refractivity contribution >= 4 is 7.12 Å². The van der Waals surface area contributed by atoms with Crippen LogP contribution < -0.4 is 4.74 Å². The van der Waals surface area contributed by atoms with Crippen LogP contribution in [-0.2, 0) is 9.31 Å². The standard InChI is InChI=1S/C18H26BFN2O3/c1-12-9-13(2)22-15(21-12)23-11-18(7-8-18)10-14(20)19-24-16(3,4)17(5,6)25-19/h9-10H,7-8,11H2,1-6H3. The zero-order chi connectivity index (χ0) is 18.5. The van der Waals surface area contributed by atoms with Gasteiger partial charge in [0.2, 0.25) is 0 Å². The van der Waals surface area contributed by atoms with Crippen molar-refractivity contribution in [2.45, 2.75) is 65.6 Å². The average molecular weight is 348 g/mol. The second kappa shape index (κ2) is 6.06. The molecule has 3 rings (SSSR count). The van der Waals surface area contributed by atoms with Crippen LogP contribution in [0.15, 0.2) is 17.9 Å². The smallest absolute Gasteiger partial charge is 0.463 e. The van der Waals surface area contributed by atoms with E-state index in [2.05, 4.69) is 9.97 Å². The fourth-order valence-corrected chi connectivity index (χ4v) is 2.77. The minimum atomic E-state index is -0.958. The van der Waals surface area contributed by atoms with Crippen LogP contribution in [0.25, 0.3) is 0 Å². The molecule has 0 atom stereocenters. The molecular weight excluding hydrogens is 322 g/mol.